The summed E-state index contributed by atoms with van der Waals surface area (Å²) in [5.74, 6) is 0.0277. The van der Waals surface area contributed by atoms with E-state index >= 15 is 0 Å². The summed E-state index contributed by atoms with van der Waals surface area (Å²) in [7, 11) is 0. The molecule has 0 saturated heterocycles. The van der Waals surface area contributed by atoms with E-state index in [2.05, 4.69) is 5.16 Å². The minimum atomic E-state index is -0.0666. The summed E-state index contributed by atoms with van der Waals surface area (Å²) in [6.45, 7) is 4.30. The molecule has 1 heterocycles. The fourth-order valence-electron chi connectivity index (χ4n) is 3.47. The Kier molecular flexibility index (Phi) is 6.12. The molecule has 0 bridgehead atoms. The van der Waals surface area contributed by atoms with Gasteiger partial charge in [-0.15, -0.1) is 0 Å². The molecule has 5 heteroatoms. The molecule has 142 valence electrons. The number of oxime groups is 1. The lowest BCUT2D eigenvalue weighted by atomic mass is 9.81. The maximum atomic E-state index is 12.8. The second-order valence-corrected chi connectivity index (χ2v) is 6.74. The molecule has 3 rings (SSSR count). The van der Waals surface area contributed by atoms with Crippen molar-refractivity contribution >= 4 is 11.5 Å². The second-order valence-electron chi connectivity index (χ2n) is 6.74. The number of carbonyl (C=O) groups excluding carboxylic acids is 1. The van der Waals surface area contributed by atoms with Crippen LogP contribution in [0.5, 0.6) is 0 Å². The first kappa shape index (κ1) is 19.0. The Bertz CT molecular complexity index is 849. The molecule has 5 nitrogen and oxygen atoms in total. The highest BCUT2D eigenvalue weighted by Gasteiger charge is 2.31. The van der Waals surface area contributed by atoms with Crippen LogP contribution in [0.4, 0.5) is 0 Å². The summed E-state index contributed by atoms with van der Waals surface area (Å²) in [6, 6.07) is 12.1. The number of hydrogen-bond donors (Lipinski definition) is 1. The van der Waals surface area contributed by atoms with Gasteiger partial charge in [-0.25, -0.2) is 0 Å². The topological polar surface area (TPSA) is 63.8 Å². The van der Waals surface area contributed by atoms with Crippen LogP contribution in [0.1, 0.15) is 51.0 Å². The predicted octanol–water partition coefficient (Wildman–Crippen LogP) is 4.93. The first-order valence-electron chi connectivity index (χ1n) is 9.51. The van der Waals surface area contributed by atoms with Crippen LogP contribution in [-0.4, -0.2) is 27.8 Å². The average molecular weight is 366 g/mol. The molecular formula is C22H26N2O3. The van der Waals surface area contributed by atoms with Crippen molar-refractivity contribution in [1.82, 2.24) is 4.57 Å². The van der Waals surface area contributed by atoms with Crippen molar-refractivity contribution in [2.24, 2.45) is 5.16 Å². The molecule has 1 aliphatic carbocycles. The van der Waals surface area contributed by atoms with Gasteiger partial charge in [0.1, 0.15) is 12.4 Å². The van der Waals surface area contributed by atoms with Crippen LogP contribution in [0, 0.1) is 0 Å². The third-order valence-corrected chi connectivity index (χ3v) is 4.76. The predicted molar refractivity (Wildman–Crippen MR) is 106 cm³/mol. The highest BCUT2D eigenvalue weighted by atomic mass is 16.6. The highest BCUT2D eigenvalue weighted by molar-refractivity contribution is 6.23. The van der Waals surface area contributed by atoms with Crippen molar-refractivity contribution < 1.29 is 14.7 Å². The fourth-order valence-corrected chi connectivity index (χ4v) is 3.47. The Balaban J connectivity index is 1.83. The summed E-state index contributed by atoms with van der Waals surface area (Å²) in [5, 5.41) is 14.7. The highest BCUT2D eigenvalue weighted by Crippen LogP contribution is 2.35. The van der Waals surface area contributed by atoms with Crippen molar-refractivity contribution in [2.45, 2.75) is 45.4 Å². The van der Waals surface area contributed by atoms with Crippen LogP contribution < -0.4 is 0 Å². The lowest BCUT2D eigenvalue weighted by Crippen LogP contribution is -2.24. The number of allylic oxidation sites excluding steroid dienone is 2. The number of benzene rings is 1. The smallest absolute Gasteiger partial charge is 0.168 e. The number of para-hydroxylation sites is 1. The van der Waals surface area contributed by atoms with Crippen LogP contribution in [0.3, 0.4) is 0 Å². The first-order valence-corrected chi connectivity index (χ1v) is 9.51. The molecule has 1 aliphatic rings. The van der Waals surface area contributed by atoms with E-state index in [4.69, 9.17) is 4.84 Å². The van der Waals surface area contributed by atoms with Crippen LogP contribution in [-0.2, 0) is 9.63 Å². The number of hydrogen-bond acceptors (Lipinski definition) is 4. The zero-order valence-electron chi connectivity index (χ0n) is 15.9. The van der Waals surface area contributed by atoms with E-state index < -0.39 is 0 Å². The largest absolute Gasteiger partial charge is 0.511 e. The van der Waals surface area contributed by atoms with Gasteiger partial charge in [-0.2, -0.15) is 0 Å². The third kappa shape index (κ3) is 4.30. The van der Waals surface area contributed by atoms with Crippen molar-refractivity contribution in [1.29, 1.82) is 0 Å². The Labute approximate surface area is 160 Å². The maximum absolute atomic E-state index is 12.8. The zero-order valence-corrected chi connectivity index (χ0v) is 15.9. The van der Waals surface area contributed by atoms with Gasteiger partial charge in [-0.05, 0) is 43.0 Å². The molecule has 0 amide bonds. The van der Waals surface area contributed by atoms with Crippen molar-refractivity contribution in [2.75, 3.05) is 6.61 Å². The number of Topliss-reactive ketones (excluding diaryl/α,β-unsaturated/α-hetero) is 1. The molecule has 1 unspecified atom stereocenters. The number of ketones is 1. The third-order valence-electron chi connectivity index (χ3n) is 4.76. The normalized spacial score (nSPS) is 18.1. The van der Waals surface area contributed by atoms with Gasteiger partial charge in [0.25, 0.3) is 0 Å². The molecular weight excluding hydrogens is 340 g/mol. The van der Waals surface area contributed by atoms with Crippen molar-refractivity contribution in [3.8, 4) is 5.69 Å². The van der Waals surface area contributed by atoms with E-state index in [-0.39, 0.29) is 17.5 Å². The summed E-state index contributed by atoms with van der Waals surface area (Å²) in [6.07, 6.45) is 6.28. The number of carbonyl (C=O) groups is 1. The van der Waals surface area contributed by atoms with E-state index in [9.17, 15) is 9.90 Å². The van der Waals surface area contributed by atoms with Gasteiger partial charge < -0.3 is 14.5 Å². The van der Waals surface area contributed by atoms with E-state index in [1.165, 1.54) is 0 Å². The van der Waals surface area contributed by atoms with Crippen LogP contribution in [0.25, 0.3) is 5.69 Å². The summed E-state index contributed by atoms with van der Waals surface area (Å²) in [4.78, 5) is 17.9. The van der Waals surface area contributed by atoms with Gasteiger partial charge in [-0.3, -0.25) is 4.79 Å². The van der Waals surface area contributed by atoms with Crippen molar-refractivity contribution in [3.05, 3.63) is 65.7 Å². The number of aliphatic hydroxyl groups is 1. The van der Waals surface area contributed by atoms with Gasteiger partial charge in [0, 0.05) is 30.9 Å². The van der Waals surface area contributed by atoms with Gasteiger partial charge in [0.15, 0.2) is 5.78 Å². The average Bonchev–Trinajstić information content (AvgIpc) is 3.16. The number of aliphatic hydroxyl groups excluding tert-OH is 1. The van der Waals surface area contributed by atoms with Gasteiger partial charge in [-0.1, -0.05) is 36.7 Å². The Morgan fingerprint density at radius 2 is 2.00 bits per heavy atom. The number of rotatable bonds is 7. The van der Waals surface area contributed by atoms with Gasteiger partial charge in [0.05, 0.1) is 11.3 Å². The molecule has 1 aromatic carbocycles. The molecule has 0 radical (unpaired) electrons. The second kappa shape index (κ2) is 8.71. The number of nitrogens with zero attached hydrogens (tertiary/aromatic N) is 2. The fraction of sp³-hybridized carbons (Fsp3) is 0.364. The van der Waals surface area contributed by atoms with E-state index in [1.807, 2.05) is 67.2 Å². The van der Waals surface area contributed by atoms with Crippen molar-refractivity contribution in [3.63, 3.8) is 0 Å². The maximum Gasteiger partial charge on any atom is 0.168 e. The quantitative estimate of drug-likeness (QED) is 0.558. The molecule has 1 N–H and O–H groups in total. The van der Waals surface area contributed by atoms with E-state index in [1.54, 1.807) is 0 Å². The molecule has 0 saturated carbocycles. The van der Waals surface area contributed by atoms with E-state index in [0.717, 1.165) is 17.7 Å². The van der Waals surface area contributed by atoms with Gasteiger partial charge >= 0.3 is 0 Å². The lowest BCUT2D eigenvalue weighted by Gasteiger charge is -2.23. The van der Waals surface area contributed by atoms with Crippen LogP contribution >= 0.6 is 0 Å². The molecule has 27 heavy (non-hydrogen) atoms. The minimum Gasteiger partial charge on any atom is -0.511 e. The Morgan fingerprint density at radius 3 is 2.67 bits per heavy atom. The SMILES string of the molecule is CCCC(=NOCC)C1=C(O)CC(c2ccn(-c3ccccc3)c2)CC1=O. The van der Waals surface area contributed by atoms with Crippen LogP contribution in [0.2, 0.25) is 0 Å². The minimum absolute atomic E-state index is 0.0267. The monoisotopic (exact) mass is 366 g/mol. The number of aromatic nitrogens is 1. The Hall–Kier alpha value is -2.82. The summed E-state index contributed by atoms with van der Waals surface area (Å²) in [5.41, 5.74) is 3.03. The lowest BCUT2D eigenvalue weighted by molar-refractivity contribution is -0.116. The molecule has 1 atom stereocenters. The Morgan fingerprint density at radius 1 is 1.22 bits per heavy atom. The first-order chi connectivity index (χ1) is 13.1. The molecule has 0 aliphatic heterocycles. The molecule has 0 spiro atoms. The molecule has 2 aromatic rings. The van der Waals surface area contributed by atoms with E-state index in [0.29, 0.717) is 37.2 Å². The van der Waals surface area contributed by atoms with Gasteiger partial charge in [0.2, 0.25) is 0 Å². The van der Waals surface area contributed by atoms with Crippen LogP contribution in [0.15, 0.2) is 65.3 Å². The zero-order chi connectivity index (χ0) is 19.2. The summed E-state index contributed by atoms with van der Waals surface area (Å²) < 4.78 is 2.04. The standard InChI is InChI=1S/C22H26N2O3/c1-3-8-19(23-27-4-2)22-20(25)13-17(14-21(22)26)16-11-12-24(15-16)18-9-6-5-7-10-18/h5-7,9-12,15,17,25H,3-4,8,13-14H2,1-2H3. The molecule has 1 aromatic heterocycles. The summed E-state index contributed by atoms with van der Waals surface area (Å²) >= 11 is 0. The molecule has 0 fully saturated rings.